The maximum absolute atomic E-state index is 10.9. The Morgan fingerprint density at radius 2 is 2.21 bits per heavy atom. The van der Waals surface area contributed by atoms with E-state index in [2.05, 4.69) is 9.73 Å². The summed E-state index contributed by atoms with van der Waals surface area (Å²) in [5.41, 5.74) is 0.637. The van der Waals surface area contributed by atoms with Gasteiger partial charge in [-0.2, -0.15) is 0 Å². The van der Waals surface area contributed by atoms with Crippen LogP contribution in [0.25, 0.3) is 6.08 Å². The number of allylic oxidation sites excluding steroid dienone is 1. The van der Waals surface area contributed by atoms with E-state index in [0.29, 0.717) is 5.70 Å². The number of rotatable bonds is 1. The summed E-state index contributed by atoms with van der Waals surface area (Å²) in [4.78, 5) is 15.2. The Morgan fingerprint density at radius 1 is 1.43 bits per heavy atom. The van der Waals surface area contributed by atoms with E-state index in [-0.39, 0.29) is 5.97 Å². The van der Waals surface area contributed by atoms with Crippen LogP contribution < -0.4 is 10.6 Å². The van der Waals surface area contributed by atoms with Crippen LogP contribution in [-0.4, -0.2) is 13.1 Å². The minimum absolute atomic E-state index is 0.382. The fourth-order valence-corrected chi connectivity index (χ4v) is 1.30. The molecule has 0 saturated heterocycles. The summed E-state index contributed by atoms with van der Waals surface area (Å²) in [6.45, 7) is 0. The zero-order valence-corrected chi connectivity index (χ0v) is 7.73. The SMILES string of the molecule is COC(=O)C=C1C=c2ccccc2=N1. The van der Waals surface area contributed by atoms with Crippen LogP contribution in [0.3, 0.4) is 0 Å². The highest BCUT2D eigenvalue weighted by Gasteiger charge is 2.02. The van der Waals surface area contributed by atoms with Crippen LogP contribution in [0.15, 0.2) is 41.0 Å². The number of para-hydroxylation sites is 1. The molecule has 2 rings (SSSR count). The van der Waals surface area contributed by atoms with Crippen LogP contribution >= 0.6 is 0 Å². The molecule has 0 unspecified atom stereocenters. The number of fused-ring (bicyclic) bond motifs is 1. The van der Waals surface area contributed by atoms with E-state index in [1.807, 2.05) is 30.3 Å². The zero-order valence-electron chi connectivity index (χ0n) is 7.73. The summed E-state index contributed by atoms with van der Waals surface area (Å²) < 4.78 is 4.52. The Morgan fingerprint density at radius 3 is 2.93 bits per heavy atom. The maximum atomic E-state index is 10.9. The second kappa shape index (κ2) is 3.46. The van der Waals surface area contributed by atoms with E-state index < -0.39 is 0 Å². The van der Waals surface area contributed by atoms with Gasteiger partial charge in [0.05, 0.1) is 18.2 Å². The summed E-state index contributed by atoms with van der Waals surface area (Å²) in [5.74, 6) is -0.382. The molecule has 0 N–H and O–H groups in total. The Kier molecular flexibility index (Phi) is 2.14. The zero-order chi connectivity index (χ0) is 9.97. The second-order valence-corrected chi connectivity index (χ2v) is 2.91. The van der Waals surface area contributed by atoms with Crippen LogP contribution in [0.1, 0.15) is 0 Å². The molecule has 0 spiro atoms. The number of benzene rings is 1. The van der Waals surface area contributed by atoms with Gasteiger partial charge in [0.25, 0.3) is 0 Å². The van der Waals surface area contributed by atoms with Gasteiger partial charge in [-0.25, -0.2) is 9.79 Å². The lowest BCUT2D eigenvalue weighted by atomic mass is 10.3. The quantitative estimate of drug-likeness (QED) is 0.464. The van der Waals surface area contributed by atoms with Gasteiger partial charge >= 0.3 is 5.97 Å². The smallest absolute Gasteiger partial charge is 0.332 e. The number of carbonyl (C=O) groups is 1. The standard InChI is InChI=1S/C11H9NO2/c1-14-11(13)7-9-6-8-4-2-3-5-10(8)12-9/h2-7H,1H3. The fraction of sp³-hybridized carbons (Fsp3) is 0.0909. The average Bonchev–Trinajstić information content (AvgIpc) is 2.59. The van der Waals surface area contributed by atoms with Gasteiger partial charge in [-0.1, -0.05) is 18.2 Å². The first kappa shape index (κ1) is 8.69. The molecule has 70 valence electrons. The van der Waals surface area contributed by atoms with Gasteiger partial charge in [-0.15, -0.1) is 0 Å². The third-order valence-electron chi connectivity index (χ3n) is 1.96. The molecule has 0 aromatic heterocycles. The number of carbonyl (C=O) groups excluding carboxylic acids is 1. The van der Waals surface area contributed by atoms with Crippen molar-refractivity contribution in [3.05, 3.63) is 46.6 Å². The molecule has 1 heterocycles. The van der Waals surface area contributed by atoms with Crippen LogP contribution in [-0.2, 0) is 9.53 Å². The van der Waals surface area contributed by atoms with E-state index in [1.165, 1.54) is 13.2 Å². The molecule has 1 aliphatic rings. The summed E-state index contributed by atoms with van der Waals surface area (Å²) in [6, 6.07) is 7.71. The first-order chi connectivity index (χ1) is 6.79. The van der Waals surface area contributed by atoms with Crippen molar-refractivity contribution < 1.29 is 9.53 Å². The molecule has 1 aromatic rings. The third-order valence-corrected chi connectivity index (χ3v) is 1.96. The summed E-state index contributed by atoms with van der Waals surface area (Å²) in [7, 11) is 1.35. The lowest BCUT2D eigenvalue weighted by molar-refractivity contribution is -0.134. The number of ether oxygens (including phenoxy) is 1. The highest BCUT2D eigenvalue weighted by molar-refractivity contribution is 5.84. The van der Waals surface area contributed by atoms with Crippen molar-refractivity contribution in [3.8, 4) is 0 Å². The first-order valence-electron chi connectivity index (χ1n) is 4.25. The molecule has 0 saturated carbocycles. The normalized spacial score (nSPS) is 15.6. The van der Waals surface area contributed by atoms with Gasteiger partial charge in [0.1, 0.15) is 0 Å². The molecule has 0 bridgehead atoms. The largest absolute Gasteiger partial charge is 0.466 e. The molecule has 3 nitrogen and oxygen atoms in total. The second-order valence-electron chi connectivity index (χ2n) is 2.91. The van der Waals surface area contributed by atoms with Gasteiger partial charge < -0.3 is 4.74 Å². The van der Waals surface area contributed by atoms with Crippen molar-refractivity contribution in [1.29, 1.82) is 0 Å². The number of esters is 1. The number of nitrogens with zero attached hydrogens (tertiary/aromatic N) is 1. The lowest BCUT2D eigenvalue weighted by Crippen LogP contribution is -2.19. The van der Waals surface area contributed by atoms with Gasteiger partial charge in [-0.05, 0) is 12.1 Å². The van der Waals surface area contributed by atoms with Crippen molar-refractivity contribution >= 4 is 12.0 Å². The Balaban J connectivity index is 2.45. The van der Waals surface area contributed by atoms with Crippen LogP contribution in [0.4, 0.5) is 0 Å². The van der Waals surface area contributed by atoms with Crippen LogP contribution in [0, 0.1) is 0 Å². The molecule has 0 radical (unpaired) electrons. The van der Waals surface area contributed by atoms with Crippen molar-refractivity contribution in [2.75, 3.05) is 7.11 Å². The minimum Gasteiger partial charge on any atom is -0.466 e. The van der Waals surface area contributed by atoms with E-state index in [4.69, 9.17) is 0 Å². The fourth-order valence-electron chi connectivity index (χ4n) is 1.30. The number of hydrogen-bond donors (Lipinski definition) is 0. The molecule has 0 fully saturated rings. The monoisotopic (exact) mass is 187 g/mol. The molecular formula is C11H9NO2. The molecule has 3 heteroatoms. The van der Waals surface area contributed by atoms with Crippen molar-refractivity contribution in [1.82, 2.24) is 0 Å². The molecule has 0 aliphatic carbocycles. The number of methoxy groups -OCH3 is 1. The lowest BCUT2D eigenvalue weighted by Gasteiger charge is -1.89. The topological polar surface area (TPSA) is 38.7 Å². The summed E-state index contributed by atoms with van der Waals surface area (Å²) in [5, 5.41) is 1.92. The Bertz CT molecular complexity index is 477. The average molecular weight is 187 g/mol. The third kappa shape index (κ3) is 1.57. The molecule has 1 aliphatic heterocycles. The van der Waals surface area contributed by atoms with Crippen LogP contribution in [0.2, 0.25) is 0 Å². The van der Waals surface area contributed by atoms with E-state index in [1.54, 1.807) is 0 Å². The molecule has 0 amide bonds. The van der Waals surface area contributed by atoms with Gasteiger partial charge in [0.15, 0.2) is 0 Å². The van der Waals surface area contributed by atoms with Gasteiger partial charge in [-0.3, -0.25) is 0 Å². The van der Waals surface area contributed by atoms with Crippen molar-refractivity contribution in [2.45, 2.75) is 0 Å². The summed E-state index contributed by atoms with van der Waals surface area (Å²) in [6.07, 6.45) is 3.23. The minimum atomic E-state index is -0.382. The predicted octanol–water partition coefficient (Wildman–Crippen LogP) is 0.157. The van der Waals surface area contributed by atoms with Crippen LogP contribution in [0.5, 0.6) is 0 Å². The van der Waals surface area contributed by atoms with Gasteiger partial charge in [0.2, 0.25) is 0 Å². The molecule has 0 atom stereocenters. The van der Waals surface area contributed by atoms with Crippen molar-refractivity contribution in [2.24, 2.45) is 4.99 Å². The molecular weight excluding hydrogens is 178 g/mol. The Hall–Kier alpha value is -1.90. The highest BCUT2D eigenvalue weighted by atomic mass is 16.5. The van der Waals surface area contributed by atoms with Gasteiger partial charge in [0, 0.05) is 11.3 Å². The Labute approximate surface area is 81.0 Å². The van der Waals surface area contributed by atoms with E-state index in [9.17, 15) is 4.79 Å². The first-order valence-corrected chi connectivity index (χ1v) is 4.25. The van der Waals surface area contributed by atoms with E-state index in [0.717, 1.165) is 10.6 Å². The van der Waals surface area contributed by atoms with Crippen molar-refractivity contribution in [3.63, 3.8) is 0 Å². The highest BCUT2D eigenvalue weighted by Crippen LogP contribution is 2.00. The predicted molar refractivity (Wildman–Crippen MR) is 51.8 cm³/mol. The number of hydrogen-bond acceptors (Lipinski definition) is 3. The summed E-state index contributed by atoms with van der Waals surface area (Å²) >= 11 is 0. The molecule has 1 aromatic carbocycles. The maximum Gasteiger partial charge on any atom is 0.332 e. The molecule has 14 heavy (non-hydrogen) atoms. The van der Waals surface area contributed by atoms with E-state index >= 15 is 0 Å².